The summed E-state index contributed by atoms with van der Waals surface area (Å²) in [7, 11) is 0. The van der Waals surface area contributed by atoms with Crippen LogP contribution in [0, 0.1) is 17.5 Å². The van der Waals surface area contributed by atoms with E-state index in [0.717, 1.165) is 12.1 Å². The van der Waals surface area contributed by atoms with Crippen LogP contribution in [-0.4, -0.2) is 52.3 Å². The highest BCUT2D eigenvalue weighted by Crippen LogP contribution is 2.32. The van der Waals surface area contributed by atoms with E-state index >= 15 is 0 Å². The number of rotatable bonds is 7. The lowest BCUT2D eigenvalue weighted by molar-refractivity contribution is -0.270. The van der Waals surface area contributed by atoms with Gasteiger partial charge in [0.15, 0.2) is 23.7 Å². The van der Waals surface area contributed by atoms with Gasteiger partial charge in [0, 0.05) is 29.5 Å². The summed E-state index contributed by atoms with van der Waals surface area (Å²) in [5.74, 6) is -4.31. The van der Waals surface area contributed by atoms with Gasteiger partial charge >= 0.3 is 0 Å². The molecule has 2 aromatic rings. The first-order valence-electron chi connectivity index (χ1n) is 9.00. The van der Waals surface area contributed by atoms with Crippen molar-refractivity contribution in [1.82, 2.24) is 10.3 Å². The van der Waals surface area contributed by atoms with E-state index in [9.17, 15) is 23.4 Å². The molecule has 4 atom stereocenters. The predicted octanol–water partition coefficient (Wildman–Crippen LogP) is 2.21. The molecule has 1 saturated heterocycles. The van der Waals surface area contributed by atoms with Crippen LogP contribution < -0.4 is 11.1 Å². The van der Waals surface area contributed by atoms with Crippen LogP contribution in [0.3, 0.4) is 0 Å². The Morgan fingerprint density at radius 2 is 1.94 bits per heavy atom. The van der Waals surface area contributed by atoms with Crippen LogP contribution >= 0.6 is 23.4 Å². The molecule has 3 unspecified atom stereocenters. The molecule has 0 radical (unpaired) electrons. The molecule has 0 spiro atoms. The maximum absolute atomic E-state index is 13.4. The van der Waals surface area contributed by atoms with Crippen molar-refractivity contribution in [2.24, 2.45) is 5.73 Å². The molecule has 7 nitrogen and oxygen atoms in total. The third kappa shape index (κ3) is 6.03. The van der Waals surface area contributed by atoms with E-state index in [1.165, 1.54) is 24.2 Å². The van der Waals surface area contributed by atoms with Crippen molar-refractivity contribution < 1.29 is 32.9 Å². The van der Waals surface area contributed by atoms with Crippen LogP contribution in [0.5, 0.6) is 0 Å². The van der Waals surface area contributed by atoms with Crippen molar-refractivity contribution in [3.8, 4) is 0 Å². The molecule has 168 valence electrons. The van der Waals surface area contributed by atoms with E-state index < -0.39 is 48.0 Å². The molecule has 1 aromatic heterocycles. The Balaban J connectivity index is 1.70. The number of aliphatic hydroxyl groups excluding tert-OH is 2. The van der Waals surface area contributed by atoms with Gasteiger partial charge in [0.25, 0.3) is 0 Å². The molecule has 0 bridgehead atoms. The molecule has 3 rings (SSSR count). The van der Waals surface area contributed by atoms with Gasteiger partial charge in [-0.05, 0) is 24.3 Å². The lowest BCUT2D eigenvalue weighted by atomic mass is 10.1. The summed E-state index contributed by atoms with van der Waals surface area (Å²) in [5.41, 5.74) is 5.01. The summed E-state index contributed by atoms with van der Waals surface area (Å²) >= 11 is 7.14. The lowest BCUT2D eigenvalue weighted by Gasteiger charge is -2.38. The first kappa shape index (κ1) is 23.6. The number of hydrogen-bond acceptors (Lipinski definition) is 8. The number of nitrogens with two attached hydrogens (primary N) is 1. The molecule has 1 aliphatic rings. The molecule has 31 heavy (non-hydrogen) atoms. The van der Waals surface area contributed by atoms with E-state index in [2.05, 4.69) is 10.3 Å². The van der Waals surface area contributed by atoms with Crippen molar-refractivity contribution in [2.75, 3.05) is 13.2 Å². The number of nitrogens with zero attached hydrogens (tertiary/aromatic N) is 1. The molecule has 5 N–H and O–H groups in total. The Labute approximate surface area is 185 Å². The third-order valence-corrected chi connectivity index (χ3v) is 5.60. The second-order valence-electron chi connectivity index (χ2n) is 6.48. The van der Waals surface area contributed by atoms with Gasteiger partial charge < -0.3 is 30.7 Å². The van der Waals surface area contributed by atoms with Gasteiger partial charge in [-0.1, -0.05) is 23.4 Å². The number of hydrogen-bond donors (Lipinski definition) is 4. The van der Waals surface area contributed by atoms with Gasteiger partial charge in [0.1, 0.15) is 22.7 Å². The SMILES string of the molecule is N/C(=C\NC[C@@H]1OC(O)C(CO)OC1Sc1cc(Cl)ccn1)c1cc(F)c(F)c(F)c1. The van der Waals surface area contributed by atoms with Crippen LogP contribution in [-0.2, 0) is 9.47 Å². The number of thioether (sulfide) groups is 1. The summed E-state index contributed by atoms with van der Waals surface area (Å²) in [6.45, 7) is -0.393. The standard InChI is InChI=1S/C19H19ClF3N3O4S/c20-10-1-2-26-16(5-10)31-19-14(29-18(28)15(8-27)30-19)7-25-6-13(24)9-3-11(21)17(23)12(22)4-9/h1-6,14-15,18-19,25,27-28H,7-8,24H2/b13-6-/t14-,15?,18?,19?/m0/s1. The van der Waals surface area contributed by atoms with Gasteiger partial charge in [0.2, 0.25) is 0 Å². The van der Waals surface area contributed by atoms with Gasteiger partial charge in [0.05, 0.1) is 12.3 Å². The van der Waals surface area contributed by atoms with E-state index in [1.54, 1.807) is 12.1 Å². The summed E-state index contributed by atoms with van der Waals surface area (Å²) in [5, 5.41) is 23.2. The molecule has 1 fully saturated rings. The molecule has 1 aromatic carbocycles. The number of halogens is 4. The second kappa shape index (κ2) is 10.5. The number of pyridine rings is 1. The van der Waals surface area contributed by atoms with Crippen LogP contribution in [0.15, 0.2) is 41.7 Å². The summed E-state index contributed by atoms with van der Waals surface area (Å²) < 4.78 is 51.1. The fraction of sp³-hybridized carbons (Fsp3) is 0.316. The van der Waals surface area contributed by atoms with Crippen molar-refractivity contribution in [2.45, 2.75) is 29.0 Å². The van der Waals surface area contributed by atoms with Crippen LogP contribution in [0.4, 0.5) is 13.2 Å². The Hall–Kier alpha value is -2.02. The largest absolute Gasteiger partial charge is 0.397 e. The highest BCUT2D eigenvalue weighted by Gasteiger charge is 2.38. The van der Waals surface area contributed by atoms with Crippen molar-refractivity contribution in [1.29, 1.82) is 0 Å². The zero-order valence-electron chi connectivity index (χ0n) is 15.8. The molecule has 0 amide bonds. The van der Waals surface area contributed by atoms with Crippen LogP contribution in [0.1, 0.15) is 5.56 Å². The maximum Gasteiger partial charge on any atom is 0.194 e. The Morgan fingerprint density at radius 3 is 2.58 bits per heavy atom. The Morgan fingerprint density at radius 1 is 1.23 bits per heavy atom. The van der Waals surface area contributed by atoms with Gasteiger partial charge in [-0.2, -0.15) is 0 Å². The normalized spacial score (nSPS) is 24.3. The first-order valence-corrected chi connectivity index (χ1v) is 10.3. The first-order chi connectivity index (χ1) is 14.8. The van der Waals surface area contributed by atoms with Gasteiger partial charge in [-0.3, -0.25) is 0 Å². The number of aromatic nitrogens is 1. The van der Waals surface area contributed by atoms with Crippen LogP contribution in [0.25, 0.3) is 5.70 Å². The topological polar surface area (TPSA) is 110 Å². The van der Waals surface area contributed by atoms with Crippen molar-refractivity contribution >= 4 is 29.1 Å². The van der Waals surface area contributed by atoms with E-state index in [-0.39, 0.29) is 17.8 Å². The molecular formula is C19H19ClF3N3O4S. The minimum Gasteiger partial charge on any atom is -0.397 e. The number of nitrogens with one attached hydrogen (secondary N) is 1. The Kier molecular flexibility index (Phi) is 8.03. The highest BCUT2D eigenvalue weighted by atomic mass is 35.5. The summed E-state index contributed by atoms with van der Waals surface area (Å²) in [6, 6.07) is 4.77. The fourth-order valence-corrected chi connectivity index (χ4v) is 3.99. The number of aliphatic hydroxyl groups is 2. The zero-order valence-corrected chi connectivity index (χ0v) is 17.4. The predicted molar refractivity (Wildman–Crippen MR) is 108 cm³/mol. The average molecular weight is 478 g/mol. The van der Waals surface area contributed by atoms with Crippen molar-refractivity contribution in [3.63, 3.8) is 0 Å². The van der Waals surface area contributed by atoms with E-state index in [4.69, 9.17) is 26.8 Å². The van der Waals surface area contributed by atoms with Gasteiger partial charge in [-0.25, -0.2) is 18.2 Å². The molecule has 1 aliphatic heterocycles. The molecule has 12 heteroatoms. The average Bonchev–Trinajstić information content (AvgIpc) is 2.73. The van der Waals surface area contributed by atoms with E-state index in [1.807, 2.05) is 0 Å². The summed E-state index contributed by atoms with van der Waals surface area (Å²) in [6.07, 6.45) is -0.278. The lowest BCUT2D eigenvalue weighted by Crippen LogP contribution is -2.52. The number of ether oxygens (including phenoxy) is 2. The second-order valence-corrected chi connectivity index (χ2v) is 8.04. The van der Waals surface area contributed by atoms with Crippen LogP contribution in [0.2, 0.25) is 5.02 Å². The minimum atomic E-state index is -1.58. The quantitative estimate of drug-likeness (QED) is 0.449. The smallest absolute Gasteiger partial charge is 0.194 e. The van der Waals surface area contributed by atoms with E-state index in [0.29, 0.717) is 10.0 Å². The highest BCUT2D eigenvalue weighted by molar-refractivity contribution is 7.99. The third-order valence-electron chi connectivity index (χ3n) is 4.25. The monoisotopic (exact) mass is 477 g/mol. The zero-order chi connectivity index (χ0) is 22.5. The minimum absolute atomic E-state index is 0.0518. The Bertz CT molecular complexity index is 932. The van der Waals surface area contributed by atoms with Crippen molar-refractivity contribution in [3.05, 3.63) is 64.7 Å². The summed E-state index contributed by atoms with van der Waals surface area (Å²) in [4.78, 5) is 4.17. The maximum atomic E-state index is 13.4. The van der Waals surface area contributed by atoms with Gasteiger partial charge in [-0.15, -0.1) is 0 Å². The molecule has 0 saturated carbocycles. The molecule has 0 aliphatic carbocycles. The fourth-order valence-electron chi connectivity index (χ4n) is 2.70. The number of benzene rings is 1. The molecule has 2 heterocycles. The molecular weight excluding hydrogens is 459 g/mol.